The van der Waals surface area contributed by atoms with Crippen LogP contribution in [-0.4, -0.2) is 35.5 Å². The Labute approximate surface area is 115 Å². The van der Waals surface area contributed by atoms with Gasteiger partial charge in [0.1, 0.15) is 0 Å². The van der Waals surface area contributed by atoms with Gasteiger partial charge in [-0.3, -0.25) is 4.90 Å². The Morgan fingerprint density at radius 3 is 2.56 bits per heavy atom. The van der Waals surface area contributed by atoms with Gasteiger partial charge in [0.25, 0.3) is 0 Å². The first-order valence-electron chi connectivity index (χ1n) is 6.74. The number of aryl methyl sites for hydroxylation is 2. The van der Waals surface area contributed by atoms with Gasteiger partial charge < -0.3 is 5.73 Å². The summed E-state index contributed by atoms with van der Waals surface area (Å²) in [6, 6.07) is 7.19. The van der Waals surface area contributed by atoms with Gasteiger partial charge in [0.05, 0.1) is 0 Å². The molecule has 0 radical (unpaired) electrons. The van der Waals surface area contributed by atoms with Crippen molar-refractivity contribution in [2.24, 2.45) is 5.73 Å². The van der Waals surface area contributed by atoms with Crippen LogP contribution in [0.25, 0.3) is 0 Å². The summed E-state index contributed by atoms with van der Waals surface area (Å²) in [5, 5.41) is 0.721. The lowest BCUT2D eigenvalue weighted by Gasteiger charge is -2.37. The normalized spacial score (nSPS) is 23.0. The minimum absolute atomic E-state index is 0.381. The van der Waals surface area contributed by atoms with Gasteiger partial charge in [-0.05, 0) is 19.4 Å². The summed E-state index contributed by atoms with van der Waals surface area (Å²) in [6.07, 6.45) is 0. The van der Waals surface area contributed by atoms with E-state index < -0.39 is 0 Å². The molecule has 1 aliphatic rings. The predicted molar refractivity (Wildman–Crippen MR) is 81.2 cm³/mol. The first kappa shape index (κ1) is 13.9. The van der Waals surface area contributed by atoms with Gasteiger partial charge in [0.15, 0.2) is 0 Å². The maximum atomic E-state index is 6.03. The standard InChI is InChI=1S/C15H24N2S/c1-11-6-12(2)8-14(7-11)15(9-16)17-4-5-18-13(3)10-17/h6-8,13,15H,4-5,9-10,16H2,1-3H3. The van der Waals surface area contributed by atoms with Crippen LogP contribution in [0.5, 0.6) is 0 Å². The molecule has 2 N–H and O–H groups in total. The Hall–Kier alpha value is -0.510. The maximum absolute atomic E-state index is 6.03. The molecule has 1 saturated heterocycles. The predicted octanol–water partition coefficient (Wildman–Crippen LogP) is 2.74. The average Bonchev–Trinajstić information content (AvgIpc) is 2.28. The van der Waals surface area contributed by atoms with E-state index in [4.69, 9.17) is 5.73 Å². The topological polar surface area (TPSA) is 29.3 Å². The number of benzene rings is 1. The summed E-state index contributed by atoms with van der Waals surface area (Å²) in [4.78, 5) is 2.55. The van der Waals surface area contributed by atoms with Crippen LogP contribution in [0.1, 0.15) is 29.7 Å². The Bertz CT molecular complexity index is 385. The molecule has 2 rings (SSSR count). The Morgan fingerprint density at radius 2 is 2.00 bits per heavy atom. The molecule has 2 nitrogen and oxygen atoms in total. The molecule has 1 aliphatic heterocycles. The number of hydrogen-bond acceptors (Lipinski definition) is 3. The maximum Gasteiger partial charge on any atom is 0.0471 e. The summed E-state index contributed by atoms with van der Waals surface area (Å²) >= 11 is 2.07. The van der Waals surface area contributed by atoms with Crippen LogP contribution in [0, 0.1) is 13.8 Å². The number of hydrogen-bond donors (Lipinski definition) is 1. The molecule has 1 aromatic rings. The highest BCUT2D eigenvalue weighted by atomic mass is 32.2. The zero-order chi connectivity index (χ0) is 13.1. The molecule has 1 fully saturated rings. The molecular weight excluding hydrogens is 240 g/mol. The molecular formula is C15H24N2S. The lowest BCUT2D eigenvalue weighted by Crippen LogP contribution is -2.42. The molecule has 0 aromatic heterocycles. The number of nitrogens with two attached hydrogens (primary N) is 1. The smallest absolute Gasteiger partial charge is 0.0471 e. The van der Waals surface area contributed by atoms with Crippen LogP contribution in [0.4, 0.5) is 0 Å². The monoisotopic (exact) mass is 264 g/mol. The van der Waals surface area contributed by atoms with Crippen LogP contribution in [-0.2, 0) is 0 Å². The van der Waals surface area contributed by atoms with Crippen molar-refractivity contribution in [1.82, 2.24) is 4.90 Å². The first-order valence-corrected chi connectivity index (χ1v) is 7.79. The Morgan fingerprint density at radius 1 is 1.33 bits per heavy atom. The van der Waals surface area contributed by atoms with Gasteiger partial charge in [-0.15, -0.1) is 0 Å². The van der Waals surface area contributed by atoms with E-state index in [0.717, 1.165) is 18.3 Å². The summed E-state index contributed by atoms with van der Waals surface area (Å²) in [5.41, 5.74) is 10.1. The van der Waals surface area contributed by atoms with Crippen LogP contribution < -0.4 is 5.73 Å². The molecule has 1 heterocycles. The number of rotatable bonds is 3. The van der Waals surface area contributed by atoms with E-state index in [-0.39, 0.29) is 0 Å². The van der Waals surface area contributed by atoms with Gasteiger partial charge in [0.2, 0.25) is 0 Å². The molecule has 2 unspecified atom stereocenters. The molecule has 0 bridgehead atoms. The van der Waals surface area contributed by atoms with Gasteiger partial charge >= 0.3 is 0 Å². The zero-order valence-corrected chi connectivity index (χ0v) is 12.5. The lowest BCUT2D eigenvalue weighted by molar-refractivity contribution is 0.211. The molecule has 100 valence electrons. The van der Waals surface area contributed by atoms with E-state index in [1.165, 1.54) is 22.4 Å². The summed E-state index contributed by atoms with van der Waals surface area (Å²) in [6.45, 7) is 9.66. The first-order chi connectivity index (χ1) is 8.60. The highest BCUT2D eigenvalue weighted by molar-refractivity contribution is 7.99. The van der Waals surface area contributed by atoms with Crippen molar-refractivity contribution < 1.29 is 0 Å². The van der Waals surface area contributed by atoms with Gasteiger partial charge in [0, 0.05) is 36.7 Å². The fourth-order valence-corrected chi connectivity index (χ4v) is 3.87. The van der Waals surface area contributed by atoms with Gasteiger partial charge in [-0.1, -0.05) is 36.2 Å². The SMILES string of the molecule is Cc1cc(C)cc(C(CN)N2CCSC(C)C2)c1. The third kappa shape index (κ3) is 3.28. The van der Waals surface area contributed by atoms with Crippen LogP contribution in [0.3, 0.4) is 0 Å². The summed E-state index contributed by atoms with van der Waals surface area (Å²) in [7, 11) is 0. The Kier molecular flexibility index (Phi) is 4.71. The molecule has 2 atom stereocenters. The van der Waals surface area contributed by atoms with E-state index in [1.807, 2.05) is 0 Å². The van der Waals surface area contributed by atoms with Gasteiger partial charge in [-0.25, -0.2) is 0 Å². The summed E-state index contributed by atoms with van der Waals surface area (Å²) < 4.78 is 0. The highest BCUT2D eigenvalue weighted by Crippen LogP contribution is 2.27. The molecule has 1 aromatic carbocycles. The highest BCUT2D eigenvalue weighted by Gasteiger charge is 2.24. The third-order valence-corrected chi connectivity index (χ3v) is 4.70. The van der Waals surface area contributed by atoms with E-state index in [1.54, 1.807) is 0 Å². The molecule has 3 heteroatoms. The fourth-order valence-electron chi connectivity index (χ4n) is 2.83. The van der Waals surface area contributed by atoms with Crippen molar-refractivity contribution >= 4 is 11.8 Å². The second-order valence-corrected chi connectivity index (χ2v) is 6.90. The Balaban J connectivity index is 2.21. The quantitative estimate of drug-likeness (QED) is 0.910. The minimum Gasteiger partial charge on any atom is -0.329 e. The molecule has 18 heavy (non-hydrogen) atoms. The van der Waals surface area contributed by atoms with Crippen LogP contribution in [0.2, 0.25) is 0 Å². The van der Waals surface area contributed by atoms with E-state index in [2.05, 4.69) is 55.6 Å². The largest absolute Gasteiger partial charge is 0.329 e. The average molecular weight is 264 g/mol. The van der Waals surface area contributed by atoms with Crippen molar-refractivity contribution in [2.45, 2.75) is 32.1 Å². The zero-order valence-electron chi connectivity index (χ0n) is 11.6. The van der Waals surface area contributed by atoms with Crippen molar-refractivity contribution in [3.8, 4) is 0 Å². The second-order valence-electron chi connectivity index (χ2n) is 5.35. The van der Waals surface area contributed by atoms with E-state index >= 15 is 0 Å². The summed E-state index contributed by atoms with van der Waals surface area (Å²) in [5.74, 6) is 1.22. The van der Waals surface area contributed by atoms with Crippen LogP contribution in [0.15, 0.2) is 18.2 Å². The van der Waals surface area contributed by atoms with Crippen LogP contribution >= 0.6 is 11.8 Å². The van der Waals surface area contributed by atoms with Crippen molar-refractivity contribution in [1.29, 1.82) is 0 Å². The van der Waals surface area contributed by atoms with Crippen molar-refractivity contribution in [3.05, 3.63) is 34.9 Å². The minimum atomic E-state index is 0.381. The van der Waals surface area contributed by atoms with E-state index in [9.17, 15) is 0 Å². The lowest BCUT2D eigenvalue weighted by atomic mass is 10.00. The number of thioether (sulfide) groups is 1. The molecule has 0 aliphatic carbocycles. The van der Waals surface area contributed by atoms with Crippen molar-refractivity contribution in [2.75, 3.05) is 25.4 Å². The molecule has 0 spiro atoms. The number of nitrogens with zero attached hydrogens (tertiary/aromatic N) is 1. The van der Waals surface area contributed by atoms with Crippen molar-refractivity contribution in [3.63, 3.8) is 0 Å². The molecule has 0 amide bonds. The second kappa shape index (κ2) is 6.09. The molecule has 0 saturated carbocycles. The van der Waals surface area contributed by atoms with Gasteiger partial charge in [-0.2, -0.15) is 11.8 Å². The third-order valence-electron chi connectivity index (χ3n) is 3.57. The van der Waals surface area contributed by atoms with E-state index in [0.29, 0.717) is 12.6 Å². The fraction of sp³-hybridized carbons (Fsp3) is 0.600.